The summed E-state index contributed by atoms with van der Waals surface area (Å²) in [5.74, 6) is 0.161. The second-order valence-electron chi connectivity index (χ2n) is 3.43. The Labute approximate surface area is 95.6 Å². The van der Waals surface area contributed by atoms with Gasteiger partial charge in [0.15, 0.2) is 0 Å². The van der Waals surface area contributed by atoms with E-state index in [-0.39, 0.29) is 5.97 Å². The summed E-state index contributed by atoms with van der Waals surface area (Å²) in [5.41, 5.74) is 0.434. The molecule has 0 saturated heterocycles. The van der Waals surface area contributed by atoms with Gasteiger partial charge >= 0.3 is 5.97 Å². The van der Waals surface area contributed by atoms with E-state index < -0.39 is 0 Å². The SMILES string of the molecule is CCCCCOc1ccc(C(=O)OC)cn1. The van der Waals surface area contributed by atoms with Gasteiger partial charge in [0.2, 0.25) is 5.88 Å². The molecule has 1 aromatic heterocycles. The minimum atomic E-state index is -0.384. The molecule has 0 atom stereocenters. The number of esters is 1. The third-order valence-corrected chi connectivity index (χ3v) is 2.16. The molecule has 0 aliphatic heterocycles. The average Bonchev–Trinajstić information content (AvgIpc) is 2.34. The topological polar surface area (TPSA) is 48.4 Å². The summed E-state index contributed by atoms with van der Waals surface area (Å²) in [5, 5.41) is 0. The van der Waals surface area contributed by atoms with Crippen molar-refractivity contribution in [1.29, 1.82) is 0 Å². The predicted octanol–water partition coefficient (Wildman–Crippen LogP) is 2.44. The van der Waals surface area contributed by atoms with Crippen molar-refractivity contribution in [3.8, 4) is 5.88 Å². The zero-order chi connectivity index (χ0) is 11.8. The maximum atomic E-state index is 11.1. The average molecular weight is 223 g/mol. The molecule has 0 aliphatic carbocycles. The maximum absolute atomic E-state index is 11.1. The lowest BCUT2D eigenvalue weighted by Gasteiger charge is -2.04. The summed E-state index contributed by atoms with van der Waals surface area (Å²) in [6, 6.07) is 3.33. The van der Waals surface area contributed by atoms with Gasteiger partial charge in [-0.1, -0.05) is 19.8 Å². The predicted molar refractivity (Wildman–Crippen MR) is 60.6 cm³/mol. The van der Waals surface area contributed by atoms with Crippen molar-refractivity contribution >= 4 is 5.97 Å². The van der Waals surface area contributed by atoms with E-state index in [2.05, 4.69) is 16.6 Å². The highest BCUT2D eigenvalue weighted by Gasteiger charge is 2.05. The third kappa shape index (κ3) is 3.88. The highest BCUT2D eigenvalue weighted by Crippen LogP contribution is 2.09. The molecule has 0 aliphatic rings. The molecule has 4 heteroatoms. The Balaban J connectivity index is 2.42. The molecule has 0 fully saturated rings. The van der Waals surface area contributed by atoms with Crippen LogP contribution < -0.4 is 4.74 Å². The highest BCUT2D eigenvalue weighted by molar-refractivity contribution is 5.88. The Morgan fingerprint density at radius 1 is 1.38 bits per heavy atom. The number of pyridine rings is 1. The first-order valence-corrected chi connectivity index (χ1v) is 5.45. The molecule has 1 heterocycles. The lowest BCUT2D eigenvalue weighted by atomic mass is 10.3. The van der Waals surface area contributed by atoms with Gasteiger partial charge in [0.05, 0.1) is 19.3 Å². The van der Waals surface area contributed by atoms with Gasteiger partial charge in [0.25, 0.3) is 0 Å². The van der Waals surface area contributed by atoms with Crippen LogP contribution in [0.3, 0.4) is 0 Å². The van der Waals surface area contributed by atoms with Crippen molar-refractivity contribution < 1.29 is 14.3 Å². The van der Waals surface area contributed by atoms with E-state index in [1.54, 1.807) is 12.1 Å². The molecule has 0 radical (unpaired) electrons. The maximum Gasteiger partial charge on any atom is 0.339 e. The number of nitrogens with zero attached hydrogens (tertiary/aromatic N) is 1. The van der Waals surface area contributed by atoms with Crippen LogP contribution >= 0.6 is 0 Å². The first kappa shape index (κ1) is 12.5. The summed E-state index contributed by atoms with van der Waals surface area (Å²) in [6.07, 6.45) is 4.80. The second kappa shape index (κ2) is 6.82. The van der Waals surface area contributed by atoms with E-state index >= 15 is 0 Å². The molecule has 16 heavy (non-hydrogen) atoms. The fraction of sp³-hybridized carbons (Fsp3) is 0.500. The van der Waals surface area contributed by atoms with Gasteiger partial charge < -0.3 is 9.47 Å². The molecule has 4 nitrogen and oxygen atoms in total. The lowest BCUT2D eigenvalue weighted by Crippen LogP contribution is -2.03. The van der Waals surface area contributed by atoms with Crippen molar-refractivity contribution in [3.05, 3.63) is 23.9 Å². The summed E-state index contributed by atoms with van der Waals surface area (Å²) in [7, 11) is 1.34. The van der Waals surface area contributed by atoms with Gasteiger partial charge in [-0.15, -0.1) is 0 Å². The van der Waals surface area contributed by atoms with Crippen molar-refractivity contribution in [2.45, 2.75) is 26.2 Å². The van der Waals surface area contributed by atoms with Crippen LogP contribution in [0, 0.1) is 0 Å². The number of hydrogen-bond donors (Lipinski definition) is 0. The Morgan fingerprint density at radius 3 is 2.75 bits per heavy atom. The Hall–Kier alpha value is -1.58. The van der Waals surface area contributed by atoms with E-state index in [9.17, 15) is 4.79 Å². The quantitative estimate of drug-likeness (QED) is 0.549. The largest absolute Gasteiger partial charge is 0.478 e. The molecule has 0 saturated carbocycles. The molecular weight excluding hydrogens is 206 g/mol. The molecule has 1 aromatic rings. The van der Waals surface area contributed by atoms with Gasteiger partial charge in [0, 0.05) is 12.3 Å². The van der Waals surface area contributed by atoms with Crippen molar-refractivity contribution in [2.24, 2.45) is 0 Å². The smallest absolute Gasteiger partial charge is 0.339 e. The number of aromatic nitrogens is 1. The third-order valence-electron chi connectivity index (χ3n) is 2.16. The summed E-state index contributed by atoms with van der Waals surface area (Å²) in [4.78, 5) is 15.1. The molecule has 0 spiro atoms. The van der Waals surface area contributed by atoms with E-state index in [1.165, 1.54) is 13.3 Å². The van der Waals surface area contributed by atoms with Crippen molar-refractivity contribution in [1.82, 2.24) is 4.98 Å². The van der Waals surface area contributed by atoms with Gasteiger partial charge in [-0.25, -0.2) is 9.78 Å². The Bertz CT molecular complexity index is 322. The monoisotopic (exact) mass is 223 g/mol. The van der Waals surface area contributed by atoms with Crippen molar-refractivity contribution in [2.75, 3.05) is 13.7 Å². The summed E-state index contributed by atoms with van der Waals surface area (Å²) in [6.45, 7) is 2.81. The van der Waals surface area contributed by atoms with Crippen LogP contribution in [0.15, 0.2) is 18.3 Å². The molecule has 0 N–H and O–H groups in total. The van der Waals surface area contributed by atoms with Gasteiger partial charge in [-0.3, -0.25) is 0 Å². The van der Waals surface area contributed by atoms with Gasteiger partial charge in [-0.05, 0) is 12.5 Å². The van der Waals surface area contributed by atoms with Gasteiger partial charge in [0.1, 0.15) is 0 Å². The Morgan fingerprint density at radius 2 is 2.19 bits per heavy atom. The van der Waals surface area contributed by atoms with E-state index in [1.807, 2.05) is 0 Å². The minimum Gasteiger partial charge on any atom is -0.478 e. The first-order chi connectivity index (χ1) is 7.77. The summed E-state index contributed by atoms with van der Waals surface area (Å²) >= 11 is 0. The lowest BCUT2D eigenvalue weighted by molar-refractivity contribution is 0.0600. The number of hydrogen-bond acceptors (Lipinski definition) is 4. The van der Waals surface area contributed by atoms with Crippen LogP contribution in [0.4, 0.5) is 0 Å². The highest BCUT2D eigenvalue weighted by atomic mass is 16.5. The van der Waals surface area contributed by atoms with Crippen LogP contribution in [-0.2, 0) is 4.74 Å². The standard InChI is InChI=1S/C12H17NO3/c1-3-4-5-8-16-11-7-6-10(9-13-11)12(14)15-2/h6-7,9H,3-5,8H2,1-2H3. The molecule has 0 amide bonds. The molecule has 88 valence electrons. The van der Waals surface area contributed by atoms with Crippen LogP contribution in [0.2, 0.25) is 0 Å². The molecule has 0 bridgehead atoms. The van der Waals surface area contributed by atoms with Crippen LogP contribution in [0.25, 0.3) is 0 Å². The van der Waals surface area contributed by atoms with E-state index in [0.29, 0.717) is 18.1 Å². The zero-order valence-corrected chi connectivity index (χ0v) is 9.73. The zero-order valence-electron chi connectivity index (χ0n) is 9.73. The normalized spacial score (nSPS) is 9.88. The number of rotatable bonds is 6. The fourth-order valence-corrected chi connectivity index (χ4v) is 1.23. The Kier molecular flexibility index (Phi) is 5.32. The molecular formula is C12H17NO3. The van der Waals surface area contributed by atoms with Crippen LogP contribution in [-0.4, -0.2) is 24.7 Å². The van der Waals surface area contributed by atoms with Crippen LogP contribution in [0.1, 0.15) is 36.5 Å². The first-order valence-electron chi connectivity index (χ1n) is 5.45. The molecule has 1 rings (SSSR count). The minimum absolute atomic E-state index is 0.384. The van der Waals surface area contributed by atoms with E-state index in [4.69, 9.17) is 4.74 Å². The number of methoxy groups -OCH3 is 1. The number of unbranched alkanes of at least 4 members (excludes halogenated alkanes) is 2. The van der Waals surface area contributed by atoms with Gasteiger partial charge in [-0.2, -0.15) is 0 Å². The summed E-state index contributed by atoms with van der Waals surface area (Å²) < 4.78 is 9.98. The van der Waals surface area contributed by atoms with E-state index in [0.717, 1.165) is 19.3 Å². The molecule has 0 aromatic carbocycles. The van der Waals surface area contributed by atoms with Crippen molar-refractivity contribution in [3.63, 3.8) is 0 Å². The number of carbonyl (C=O) groups is 1. The molecule has 0 unspecified atom stereocenters. The van der Waals surface area contributed by atoms with Crippen LogP contribution in [0.5, 0.6) is 5.88 Å². The number of ether oxygens (including phenoxy) is 2. The second-order valence-corrected chi connectivity index (χ2v) is 3.43. The fourth-order valence-electron chi connectivity index (χ4n) is 1.23. The number of carbonyl (C=O) groups excluding carboxylic acids is 1.